The van der Waals surface area contributed by atoms with E-state index in [2.05, 4.69) is 10.1 Å². The smallest absolute Gasteiger partial charge is 0.740 e. The zero-order valence-corrected chi connectivity index (χ0v) is 11.7. The van der Waals surface area contributed by atoms with Crippen LogP contribution in [0.4, 0.5) is 0 Å². The quantitative estimate of drug-likeness (QED) is 0.217. The Hall–Kier alpha value is 0.00636. The summed E-state index contributed by atoms with van der Waals surface area (Å²) in [5.41, 5.74) is 0.0831. The molecule has 0 aliphatic rings. The number of hydrogen-bond acceptors (Lipinski definition) is 5. The number of hydrogen-bond donors (Lipinski definition) is 1. The van der Waals surface area contributed by atoms with Crippen LogP contribution >= 0.6 is 0 Å². The summed E-state index contributed by atoms with van der Waals surface area (Å²) in [5.74, 6) is 5.36. The average Bonchev–Trinajstić information content (AvgIpc) is 2.45. The third-order valence-corrected chi connectivity index (χ3v) is 2.05. The van der Waals surface area contributed by atoms with Gasteiger partial charge < -0.3 is 18.5 Å². The molecule has 0 bridgehead atoms. The molecule has 6 nitrogen and oxygen atoms in total. The Bertz CT molecular complexity index is 533. The zero-order valence-electron chi connectivity index (χ0n) is 7.76. The summed E-state index contributed by atoms with van der Waals surface area (Å²) in [6, 6.07) is 0. The fourth-order valence-corrected chi connectivity index (χ4v) is 1.25. The molecule has 2 aromatic heterocycles. The molecule has 0 aromatic carbocycles. The Morgan fingerprint density at radius 1 is 1.57 bits per heavy atom. The van der Waals surface area contributed by atoms with E-state index in [9.17, 15) is 4.79 Å². The molecule has 0 atom stereocenters. The number of rotatable bonds is 0. The van der Waals surface area contributed by atoms with Gasteiger partial charge in [0.1, 0.15) is 5.39 Å². The number of nitrogens with zero attached hydrogens (tertiary/aromatic N) is 4. The van der Waals surface area contributed by atoms with Gasteiger partial charge in [0, 0.05) is 12.2 Å². The van der Waals surface area contributed by atoms with Gasteiger partial charge in [-0.15, -0.1) is 0 Å². The van der Waals surface area contributed by atoms with Gasteiger partial charge in [0.25, 0.3) is 5.56 Å². The van der Waals surface area contributed by atoms with Crippen molar-refractivity contribution in [1.82, 2.24) is 19.4 Å². The Labute approximate surface area is 127 Å². The number of aryl methyl sites for hydroxylation is 1. The third kappa shape index (κ3) is 1.73. The van der Waals surface area contributed by atoms with Gasteiger partial charge >= 0.3 is 51.4 Å². The van der Waals surface area contributed by atoms with E-state index in [0.717, 1.165) is 4.68 Å². The molecule has 2 aromatic rings. The van der Waals surface area contributed by atoms with Crippen LogP contribution in [-0.2, 0) is 19.7 Å². The number of nitrogens with two attached hydrogens (primary N) is 1. The van der Waals surface area contributed by atoms with Crippen molar-refractivity contribution in [2.45, 2.75) is 5.16 Å². The van der Waals surface area contributed by atoms with Crippen LogP contribution < -0.4 is 62.8 Å². The molecule has 68 valence electrons. The van der Waals surface area contributed by atoms with Gasteiger partial charge in [-0.25, -0.2) is 9.66 Å². The molecule has 0 saturated carbocycles. The van der Waals surface area contributed by atoms with E-state index in [1.165, 1.54) is 10.9 Å². The molecule has 0 radical (unpaired) electrons. The molecule has 2 heterocycles. The molecular weight excluding hydrogens is 229 g/mol. The van der Waals surface area contributed by atoms with E-state index < -0.39 is 0 Å². The van der Waals surface area contributed by atoms with E-state index in [0.29, 0.717) is 11.0 Å². The largest absolute Gasteiger partial charge is 1.00 e. The molecule has 2 N–H and O–H groups in total. The zero-order chi connectivity index (χ0) is 9.59. The van der Waals surface area contributed by atoms with Crippen LogP contribution in [0.3, 0.4) is 0 Å². The number of fused-ring (bicyclic) bond motifs is 1. The first-order valence-corrected chi connectivity index (χ1v) is 3.89. The van der Waals surface area contributed by atoms with Gasteiger partial charge in [-0.2, -0.15) is 5.10 Å². The van der Waals surface area contributed by atoms with Crippen molar-refractivity contribution in [2.24, 2.45) is 7.05 Å². The maximum absolute atomic E-state index is 11.4. The van der Waals surface area contributed by atoms with Crippen LogP contribution in [0.15, 0.2) is 16.1 Å². The second-order valence-electron chi connectivity index (χ2n) is 2.57. The summed E-state index contributed by atoms with van der Waals surface area (Å²) in [6.07, 6.45) is 1.42. The van der Waals surface area contributed by atoms with Crippen LogP contribution in [-0.4, -0.2) is 19.4 Å². The van der Waals surface area contributed by atoms with Gasteiger partial charge in [0.15, 0.2) is 5.65 Å². The molecule has 0 saturated heterocycles. The monoisotopic (exact) mass is 235 g/mol. The van der Waals surface area contributed by atoms with E-state index >= 15 is 0 Å². The van der Waals surface area contributed by atoms with Gasteiger partial charge in [-0.1, -0.05) is 0 Å². The Kier molecular flexibility index (Phi) is 3.67. The SMILES string of the molecule is Cn1ncc2c(=O)n(N)c([S-])nc21.[K+]. The molecule has 2 rings (SSSR count). The van der Waals surface area contributed by atoms with E-state index in [1.807, 2.05) is 0 Å². The summed E-state index contributed by atoms with van der Waals surface area (Å²) >= 11 is 4.78. The second-order valence-corrected chi connectivity index (χ2v) is 2.94. The van der Waals surface area contributed by atoms with Crippen LogP contribution in [0.1, 0.15) is 0 Å². The number of nitrogen functional groups attached to an aromatic ring is 1. The van der Waals surface area contributed by atoms with Crippen molar-refractivity contribution in [3.63, 3.8) is 0 Å². The van der Waals surface area contributed by atoms with E-state index in [1.54, 1.807) is 7.05 Å². The van der Waals surface area contributed by atoms with E-state index in [-0.39, 0.29) is 62.1 Å². The standard InChI is InChI=1S/C6H7N5OS.K/c1-10-4-3(2-8-10)5(12)11(7)6(13)9-4;/h2H,7H2,1H3,(H,9,13);/q;+1/p-1. The molecule has 0 fully saturated rings. The molecule has 0 spiro atoms. The minimum absolute atomic E-state index is 0. The fourth-order valence-electron chi connectivity index (χ4n) is 1.08. The maximum atomic E-state index is 11.4. The molecule has 0 amide bonds. The van der Waals surface area contributed by atoms with Crippen LogP contribution in [0.2, 0.25) is 0 Å². The number of aromatic nitrogens is 4. The molecule has 14 heavy (non-hydrogen) atoms. The predicted octanol–water partition coefficient (Wildman–Crippen LogP) is -4.25. The average molecular weight is 235 g/mol. The van der Waals surface area contributed by atoms with Gasteiger partial charge in [-0.05, 0) is 0 Å². The first-order valence-electron chi connectivity index (χ1n) is 3.48. The third-order valence-electron chi connectivity index (χ3n) is 1.76. The summed E-state index contributed by atoms with van der Waals surface area (Å²) in [5, 5.41) is 4.31. The summed E-state index contributed by atoms with van der Waals surface area (Å²) in [4.78, 5) is 15.4. The maximum Gasteiger partial charge on any atom is 1.00 e. The summed E-state index contributed by atoms with van der Waals surface area (Å²) in [6.45, 7) is 0. The van der Waals surface area contributed by atoms with Crippen molar-refractivity contribution in [2.75, 3.05) is 5.84 Å². The van der Waals surface area contributed by atoms with Crippen molar-refractivity contribution >= 4 is 23.7 Å². The van der Waals surface area contributed by atoms with Crippen molar-refractivity contribution in [3.05, 3.63) is 16.6 Å². The van der Waals surface area contributed by atoms with Gasteiger partial charge in [0.05, 0.1) is 6.20 Å². The Morgan fingerprint density at radius 3 is 2.86 bits per heavy atom. The molecule has 0 aliphatic carbocycles. The van der Waals surface area contributed by atoms with Crippen LogP contribution in [0.5, 0.6) is 0 Å². The first-order chi connectivity index (χ1) is 6.11. The van der Waals surface area contributed by atoms with Gasteiger partial charge in [-0.3, -0.25) is 9.48 Å². The molecule has 0 unspecified atom stereocenters. The van der Waals surface area contributed by atoms with Crippen molar-refractivity contribution in [3.8, 4) is 0 Å². The van der Waals surface area contributed by atoms with Crippen molar-refractivity contribution < 1.29 is 51.4 Å². The minimum Gasteiger partial charge on any atom is -0.740 e. The molecule has 0 aliphatic heterocycles. The summed E-state index contributed by atoms with van der Waals surface area (Å²) in [7, 11) is 1.68. The van der Waals surface area contributed by atoms with Crippen LogP contribution in [0, 0.1) is 0 Å². The van der Waals surface area contributed by atoms with Crippen molar-refractivity contribution in [1.29, 1.82) is 0 Å². The Balaban J connectivity index is 0.000000980. The summed E-state index contributed by atoms with van der Waals surface area (Å²) < 4.78 is 2.31. The Morgan fingerprint density at radius 2 is 2.21 bits per heavy atom. The van der Waals surface area contributed by atoms with Gasteiger partial charge in [0.2, 0.25) is 0 Å². The van der Waals surface area contributed by atoms with Crippen LogP contribution in [0.25, 0.3) is 11.0 Å². The first kappa shape index (κ1) is 12.1. The normalized spacial score (nSPS) is 10.1. The molecular formula is C6H6KN5OS. The topological polar surface area (TPSA) is 78.7 Å². The molecule has 8 heteroatoms. The fraction of sp³-hybridized carbons (Fsp3) is 0.167. The predicted molar refractivity (Wildman–Crippen MR) is 48.6 cm³/mol. The second kappa shape index (κ2) is 4.25. The minimum atomic E-state index is -0.372. The van der Waals surface area contributed by atoms with E-state index in [4.69, 9.17) is 18.5 Å².